The zero-order chi connectivity index (χ0) is 12.8. The summed E-state index contributed by atoms with van der Waals surface area (Å²) in [4.78, 5) is 25.4. The Balaban J connectivity index is 3.02. The highest BCUT2D eigenvalue weighted by atomic mass is 16.4. The van der Waals surface area contributed by atoms with Gasteiger partial charge >= 0.3 is 12.1 Å². The third-order valence-electron chi connectivity index (χ3n) is 2.43. The second-order valence-electron chi connectivity index (χ2n) is 3.41. The van der Waals surface area contributed by atoms with Crippen LogP contribution in [0.2, 0.25) is 0 Å². The molecule has 3 amide bonds. The maximum Gasteiger partial charge on any atom is 0.420 e. The first-order valence-corrected chi connectivity index (χ1v) is 5.48. The number of imide groups is 1. The molecule has 0 aliphatic carbocycles. The summed E-state index contributed by atoms with van der Waals surface area (Å²) in [6, 6.07) is 7.83. The third kappa shape index (κ3) is 2.96. The number of urea groups is 1. The number of rotatable bonds is 3. The normalized spacial score (nSPS) is 9.76. The number of carbonyl (C=O) groups is 2. The minimum absolute atomic E-state index is 0.358. The number of benzene rings is 1. The van der Waals surface area contributed by atoms with Crippen molar-refractivity contribution in [2.45, 2.75) is 13.8 Å². The summed E-state index contributed by atoms with van der Waals surface area (Å²) >= 11 is 0. The second-order valence-corrected chi connectivity index (χ2v) is 3.41. The topological polar surface area (TPSA) is 60.9 Å². The van der Waals surface area contributed by atoms with E-state index in [0.29, 0.717) is 18.8 Å². The lowest BCUT2D eigenvalue weighted by Gasteiger charge is -2.25. The molecule has 0 aliphatic rings. The van der Waals surface area contributed by atoms with Gasteiger partial charge in [0.2, 0.25) is 0 Å². The Morgan fingerprint density at radius 1 is 1.12 bits per heavy atom. The Kier molecular flexibility index (Phi) is 4.51. The molecule has 0 aromatic heterocycles. The molecule has 0 fully saturated rings. The predicted molar refractivity (Wildman–Crippen MR) is 65.3 cm³/mol. The van der Waals surface area contributed by atoms with Crippen LogP contribution in [0.3, 0.4) is 0 Å². The Labute approximate surface area is 100 Å². The average molecular weight is 236 g/mol. The minimum Gasteiger partial charge on any atom is -0.464 e. The molecular formula is C12H16N2O3. The summed E-state index contributed by atoms with van der Waals surface area (Å²) in [7, 11) is 0. The molecule has 92 valence electrons. The van der Waals surface area contributed by atoms with E-state index in [1.165, 1.54) is 4.90 Å². The van der Waals surface area contributed by atoms with E-state index in [9.17, 15) is 9.59 Å². The SMILES string of the molecule is CCN(CC)C(=O)N(C(=O)O)c1ccccc1. The maximum absolute atomic E-state index is 12.0. The lowest BCUT2D eigenvalue weighted by atomic mass is 10.3. The number of hydrogen-bond acceptors (Lipinski definition) is 2. The van der Waals surface area contributed by atoms with Crippen LogP contribution >= 0.6 is 0 Å². The van der Waals surface area contributed by atoms with E-state index in [1.54, 1.807) is 30.3 Å². The number of carbonyl (C=O) groups excluding carboxylic acids is 1. The molecule has 1 aromatic carbocycles. The zero-order valence-electron chi connectivity index (χ0n) is 9.96. The summed E-state index contributed by atoms with van der Waals surface area (Å²) in [5.41, 5.74) is 0.358. The molecule has 5 heteroatoms. The second kappa shape index (κ2) is 5.89. The van der Waals surface area contributed by atoms with E-state index >= 15 is 0 Å². The van der Waals surface area contributed by atoms with Crippen LogP contribution < -0.4 is 4.90 Å². The predicted octanol–water partition coefficient (Wildman–Crippen LogP) is 2.63. The fourth-order valence-electron chi connectivity index (χ4n) is 1.52. The van der Waals surface area contributed by atoms with Gasteiger partial charge in [-0.25, -0.2) is 9.59 Å². The van der Waals surface area contributed by atoms with Crippen LogP contribution in [0.4, 0.5) is 15.3 Å². The van der Waals surface area contributed by atoms with Crippen molar-refractivity contribution in [3.63, 3.8) is 0 Å². The maximum atomic E-state index is 12.0. The van der Waals surface area contributed by atoms with E-state index in [2.05, 4.69) is 0 Å². The number of anilines is 1. The van der Waals surface area contributed by atoms with Gasteiger partial charge < -0.3 is 10.0 Å². The quantitative estimate of drug-likeness (QED) is 0.877. The van der Waals surface area contributed by atoms with Crippen molar-refractivity contribution in [1.29, 1.82) is 0 Å². The van der Waals surface area contributed by atoms with Gasteiger partial charge in [-0.05, 0) is 26.0 Å². The molecular weight excluding hydrogens is 220 g/mol. The van der Waals surface area contributed by atoms with E-state index < -0.39 is 12.1 Å². The van der Waals surface area contributed by atoms with Crippen molar-refractivity contribution >= 4 is 17.8 Å². The van der Waals surface area contributed by atoms with Crippen LogP contribution in [0.25, 0.3) is 0 Å². The summed E-state index contributed by atoms with van der Waals surface area (Å²) in [5, 5.41) is 9.12. The summed E-state index contributed by atoms with van der Waals surface area (Å²) in [6.07, 6.45) is -1.27. The first kappa shape index (κ1) is 13.0. The monoisotopic (exact) mass is 236 g/mol. The van der Waals surface area contributed by atoms with Gasteiger partial charge in [-0.1, -0.05) is 18.2 Å². The molecule has 0 saturated heterocycles. The van der Waals surface area contributed by atoms with Crippen molar-refractivity contribution in [3.8, 4) is 0 Å². The van der Waals surface area contributed by atoms with Gasteiger partial charge in [0.05, 0.1) is 5.69 Å². The molecule has 1 N–H and O–H groups in total. The summed E-state index contributed by atoms with van der Waals surface area (Å²) < 4.78 is 0. The van der Waals surface area contributed by atoms with Crippen LogP contribution in [0.15, 0.2) is 30.3 Å². The van der Waals surface area contributed by atoms with Crippen molar-refractivity contribution in [2.24, 2.45) is 0 Å². The van der Waals surface area contributed by atoms with Crippen molar-refractivity contribution in [3.05, 3.63) is 30.3 Å². The first-order chi connectivity index (χ1) is 8.11. The molecule has 0 heterocycles. The van der Waals surface area contributed by atoms with Gasteiger partial charge in [-0.3, -0.25) is 0 Å². The molecule has 1 rings (SSSR count). The third-order valence-corrected chi connectivity index (χ3v) is 2.43. The van der Waals surface area contributed by atoms with Crippen LogP contribution in [0.1, 0.15) is 13.8 Å². The number of hydrogen-bond donors (Lipinski definition) is 1. The largest absolute Gasteiger partial charge is 0.464 e. The Hall–Kier alpha value is -2.04. The molecule has 0 aliphatic heterocycles. The van der Waals surface area contributed by atoms with Crippen LogP contribution in [0.5, 0.6) is 0 Å². The molecule has 0 radical (unpaired) electrons. The molecule has 5 nitrogen and oxygen atoms in total. The van der Waals surface area contributed by atoms with Crippen molar-refractivity contribution < 1.29 is 14.7 Å². The highest BCUT2D eigenvalue weighted by molar-refractivity contribution is 6.10. The minimum atomic E-state index is -1.27. The van der Waals surface area contributed by atoms with Gasteiger partial charge in [-0.15, -0.1) is 0 Å². The Morgan fingerprint density at radius 3 is 2.06 bits per heavy atom. The van der Waals surface area contributed by atoms with Crippen LogP contribution in [-0.4, -0.2) is 35.2 Å². The van der Waals surface area contributed by atoms with Crippen molar-refractivity contribution in [2.75, 3.05) is 18.0 Å². The summed E-state index contributed by atoms with van der Waals surface area (Å²) in [5.74, 6) is 0. The molecule has 1 aromatic rings. The highest BCUT2D eigenvalue weighted by Gasteiger charge is 2.25. The zero-order valence-corrected chi connectivity index (χ0v) is 9.96. The van der Waals surface area contributed by atoms with Gasteiger partial charge in [0.1, 0.15) is 0 Å². The van der Waals surface area contributed by atoms with Gasteiger partial charge in [0, 0.05) is 13.1 Å². The molecule has 0 unspecified atom stereocenters. The Bertz CT molecular complexity index is 388. The Morgan fingerprint density at radius 2 is 1.65 bits per heavy atom. The summed E-state index contributed by atoms with van der Waals surface area (Å²) in [6.45, 7) is 4.58. The van der Waals surface area contributed by atoms with Crippen LogP contribution in [-0.2, 0) is 0 Å². The fraction of sp³-hybridized carbons (Fsp3) is 0.333. The van der Waals surface area contributed by atoms with Gasteiger partial charge in [0.25, 0.3) is 0 Å². The average Bonchev–Trinajstić information content (AvgIpc) is 2.31. The number of carboxylic acid groups (broad SMARTS) is 1. The van der Waals surface area contributed by atoms with Crippen molar-refractivity contribution in [1.82, 2.24) is 4.90 Å². The van der Waals surface area contributed by atoms with E-state index in [4.69, 9.17) is 5.11 Å². The number of nitrogens with zero attached hydrogens (tertiary/aromatic N) is 2. The molecule has 17 heavy (non-hydrogen) atoms. The smallest absolute Gasteiger partial charge is 0.420 e. The van der Waals surface area contributed by atoms with E-state index in [-0.39, 0.29) is 0 Å². The standard InChI is InChI=1S/C12H16N2O3/c1-3-13(4-2)11(15)14(12(16)17)10-8-6-5-7-9-10/h5-9H,3-4H2,1-2H3,(H,16,17). The number of para-hydroxylation sites is 1. The van der Waals surface area contributed by atoms with Gasteiger partial charge in [0.15, 0.2) is 0 Å². The lowest BCUT2D eigenvalue weighted by Crippen LogP contribution is -2.45. The highest BCUT2D eigenvalue weighted by Crippen LogP contribution is 2.15. The number of amides is 3. The lowest BCUT2D eigenvalue weighted by molar-refractivity contribution is 0.189. The molecule has 0 spiro atoms. The fourth-order valence-corrected chi connectivity index (χ4v) is 1.52. The van der Waals surface area contributed by atoms with E-state index in [0.717, 1.165) is 4.90 Å². The molecule has 0 bridgehead atoms. The van der Waals surface area contributed by atoms with Gasteiger partial charge in [-0.2, -0.15) is 4.90 Å². The van der Waals surface area contributed by atoms with Crippen LogP contribution in [0, 0.1) is 0 Å². The van der Waals surface area contributed by atoms with E-state index in [1.807, 2.05) is 13.8 Å². The first-order valence-electron chi connectivity index (χ1n) is 5.48. The molecule has 0 atom stereocenters. The molecule has 0 saturated carbocycles.